The van der Waals surface area contributed by atoms with Crippen molar-refractivity contribution in [3.63, 3.8) is 0 Å². The number of rotatable bonds is 7. The van der Waals surface area contributed by atoms with Crippen LogP contribution in [-0.4, -0.2) is 40.7 Å². The summed E-state index contributed by atoms with van der Waals surface area (Å²) in [5.74, 6) is 1.95. The summed E-state index contributed by atoms with van der Waals surface area (Å²) in [5.41, 5.74) is 3.42. The Hall–Kier alpha value is -2.94. The van der Waals surface area contributed by atoms with Crippen LogP contribution in [0.25, 0.3) is 5.65 Å². The second kappa shape index (κ2) is 11.5. The lowest BCUT2D eigenvalue weighted by atomic mass is 9.91. The Morgan fingerprint density at radius 3 is 2.16 bits per heavy atom. The van der Waals surface area contributed by atoms with Crippen molar-refractivity contribution in [2.45, 2.75) is 12.3 Å². The van der Waals surface area contributed by atoms with Crippen molar-refractivity contribution in [2.24, 2.45) is 4.99 Å². The molecule has 0 fully saturated rings. The molecule has 0 unspecified atom stereocenters. The van der Waals surface area contributed by atoms with Gasteiger partial charge < -0.3 is 10.6 Å². The zero-order valence-electron chi connectivity index (χ0n) is 17.5. The third-order valence-electron chi connectivity index (χ3n) is 5.13. The maximum absolute atomic E-state index is 4.38. The minimum absolute atomic E-state index is 0. The van der Waals surface area contributed by atoms with Crippen LogP contribution in [0.3, 0.4) is 0 Å². The predicted octanol–water partition coefficient (Wildman–Crippen LogP) is 3.89. The molecule has 0 aliphatic rings. The van der Waals surface area contributed by atoms with Crippen molar-refractivity contribution in [3.8, 4) is 0 Å². The fraction of sp³-hybridized carbons (Fsp3) is 0.208. The minimum atomic E-state index is 0. The molecule has 0 saturated heterocycles. The Labute approximate surface area is 199 Å². The number of hydrogen-bond acceptors (Lipinski definition) is 3. The van der Waals surface area contributed by atoms with Crippen molar-refractivity contribution in [3.05, 3.63) is 102 Å². The van der Waals surface area contributed by atoms with Crippen LogP contribution in [-0.2, 0) is 6.42 Å². The van der Waals surface area contributed by atoms with Gasteiger partial charge in [-0.25, -0.2) is 0 Å². The molecule has 6 nitrogen and oxygen atoms in total. The fourth-order valence-electron chi connectivity index (χ4n) is 3.57. The van der Waals surface area contributed by atoms with Gasteiger partial charge in [0, 0.05) is 38.7 Å². The van der Waals surface area contributed by atoms with Gasteiger partial charge in [0.15, 0.2) is 11.6 Å². The zero-order valence-corrected chi connectivity index (χ0v) is 19.8. The number of aromatic nitrogens is 3. The first-order chi connectivity index (χ1) is 14.8. The Kier molecular flexibility index (Phi) is 8.40. The van der Waals surface area contributed by atoms with Crippen LogP contribution >= 0.6 is 24.0 Å². The van der Waals surface area contributed by atoms with E-state index in [9.17, 15) is 0 Å². The zero-order chi connectivity index (χ0) is 20.6. The summed E-state index contributed by atoms with van der Waals surface area (Å²) in [4.78, 5) is 4.38. The summed E-state index contributed by atoms with van der Waals surface area (Å²) in [5, 5.41) is 15.4. The summed E-state index contributed by atoms with van der Waals surface area (Å²) < 4.78 is 2.01. The number of fused-ring (bicyclic) bond motifs is 1. The molecule has 2 aromatic heterocycles. The average molecular weight is 526 g/mol. The van der Waals surface area contributed by atoms with Gasteiger partial charge >= 0.3 is 0 Å². The van der Waals surface area contributed by atoms with Crippen LogP contribution in [0.4, 0.5) is 0 Å². The Balaban J connectivity index is 0.00000272. The molecule has 4 aromatic rings. The molecule has 2 heterocycles. The second-order valence-corrected chi connectivity index (χ2v) is 7.05. The lowest BCUT2D eigenvalue weighted by Gasteiger charge is -2.20. The largest absolute Gasteiger partial charge is 0.356 e. The van der Waals surface area contributed by atoms with E-state index in [2.05, 4.69) is 74.4 Å². The highest BCUT2D eigenvalue weighted by atomic mass is 127. The molecule has 0 radical (unpaired) electrons. The highest BCUT2D eigenvalue weighted by molar-refractivity contribution is 14.0. The molecular weight excluding hydrogens is 499 g/mol. The van der Waals surface area contributed by atoms with E-state index in [1.807, 2.05) is 40.9 Å². The van der Waals surface area contributed by atoms with Crippen LogP contribution in [0.5, 0.6) is 0 Å². The summed E-state index contributed by atoms with van der Waals surface area (Å²) in [7, 11) is 1.79. The van der Waals surface area contributed by atoms with E-state index in [-0.39, 0.29) is 29.9 Å². The van der Waals surface area contributed by atoms with Gasteiger partial charge in [-0.1, -0.05) is 66.7 Å². The lowest BCUT2D eigenvalue weighted by Crippen LogP contribution is -2.40. The number of nitrogens with zero attached hydrogens (tertiary/aromatic N) is 4. The van der Waals surface area contributed by atoms with Crippen molar-refractivity contribution < 1.29 is 0 Å². The van der Waals surface area contributed by atoms with Gasteiger partial charge in [0.25, 0.3) is 0 Å². The second-order valence-electron chi connectivity index (χ2n) is 7.05. The SMILES string of the molecule is CN=C(NCCc1nnc2ccccn12)NCC(c1ccccc1)c1ccccc1.I. The molecule has 7 heteroatoms. The van der Waals surface area contributed by atoms with E-state index < -0.39 is 0 Å². The molecule has 2 aromatic carbocycles. The first kappa shape index (κ1) is 22.7. The Morgan fingerprint density at radius 1 is 0.871 bits per heavy atom. The Morgan fingerprint density at radius 2 is 1.52 bits per heavy atom. The number of hydrogen-bond donors (Lipinski definition) is 2. The Bertz CT molecular complexity index is 1060. The van der Waals surface area contributed by atoms with Gasteiger partial charge in [0.05, 0.1) is 0 Å². The van der Waals surface area contributed by atoms with Crippen LogP contribution in [0.15, 0.2) is 90.1 Å². The predicted molar refractivity (Wildman–Crippen MR) is 136 cm³/mol. The number of guanidine groups is 1. The molecule has 31 heavy (non-hydrogen) atoms. The maximum atomic E-state index is 4.38. The first-order valence-electron chi connectivity index (χ1n) is 10.2. The molecule has 4 rings (SSSR count). The van der Waals surface area contributed by atoms with Gasteiger partial charge in [-0.2, -0.15) is 0 Å². The van der Waals surface area contributed by atoms with E-state index in [1.165, 1.54) is 11.1 Å². The first-order valence-corrected chi connectivity index (χ1v) is 10.2. The van der Waals surface area contributed by atoms with Crippen molar-refractivity contribution in [1.29, 1.82) is 0 Å². The molecule has 2 N–H and O–H groups in total. The third kappa shape index (κ3) is 5.81. The van der Waals surface area contributed by atoms with Crippen LogP contribution in [0, 0.1) is 0 Å². The molecular formula is C24H27IN6. The summed E-state index contributed by atoms with van der Waals surface area (Å²) in [6.45, 7) is 1.47. The smallest absolute Gasteiger partial charge is 0.191 e. The highest BCUT2D eigenvalue weighted by Gasteiger charge is 2.14. The number of halogens is 1. The topological polar surface area (TPSA) is 66.6 Å². The molecule has 0 atom stereocenters. The van der Waals surface area contributed by atoms with E-state index in [0.29, 0.717) is 0 Å². The monoisotopic (exact) mass is 526 g/mol. The quantitative estimate of drug-likeness (QED) is 0.218. The summed E-state index contributed by atoms with van der Waals surface area (Å²) in [6, 6.07) is 27.0. The average Bonchev–Trinajstić information content (AvgIpc) is 3.22. The van der Waals surface area contributed by atoms with Crippen LogP contribution < -0.4 is 10.6 Å². The van der Waals surface area contributed by atoms with E-state index in [4.69, 9.17) is 0 Å². The molecule has 0 bridgehead atoms. The van der Waals surface area contributed by atoms with E-state index in [1.54, 1.807) is 7.05 Å². The standard InChI is InChI=1S/C24H26N6.HI/c1-25-24(26-16-15-23-29-28-22-14-8-9-17-30(22)23)27-18-21(19-10-4-2-5-11-19)20-12-6-3-7-13-20;/h2-14,17,21H,15-16,18H2,1H3,(H2,25,26,27);1H. The van der Waals surface area contributed by atoms with Gasteiger partial charge in [0.1, 0.15) is 5.82 Å². The third-order valence-corrected chi connectivity index (χ3v) is 5.13. The molecule has 0 spiro atoms. The van der Waals surface area contributed by atoms with Crippen molar-refractivity contribution in [1.82, 2.24) is 25.2 Å². The summed E-state index contributed by atoms with van der Waals surface area (Å²) in [6.07, 6.45) is 2.74. The normalized spacial score (nSPS) is 11.4. The van der Waals surface area contributed by atoms with Crippen molar-refractivity contribution in [2.75, 3.05) is 20.1 Å². The van der Waals surface area contributed by atoms with Gasteiger partial charge in [-0.05, 0) is 23.3 Å². The highest BCUT2D eigenvalue weighted by Crippen LogP contribution is 2.23. The number of benzene rings is 2. The molecule has 0 aliphatic heterocycles. The number of pyridine rings is 1. The lowest BCUT2D eigenvalue weighted by molar-refractivity contribution is 0.717. The van der Waals surface area contributed by atoms with Gasteiger partial charge in [-0.15, -0.1) is 34.2 Å². The minimum Gasteiger partial charge on any atom is -0.356 e. The fourth-order valence-corrected chi connectivity index (χ4v) is 3.57. The van der Waals surface area contributed by atoms with Gasteiger partial charge in [-0.3, -0.25) is 9.39 Å². The number of nitrogens with one attached hydrogen (secondary N) is 2. The van der Waals surface area contributed by atoms with Crippen LogP contribution in [0.2, 0.25) is 0 Å². The summed E-state index contributed by atoms with van der Waals surface area (Å²) >= 11 is 0. The molecule has 160 valence electrons. The van der Waals surface area contributed by atoms with Crippen LogP contribution in [0.1, 0.15) is 22.9 Å². The van der Waals surface area contributed by atoms with Gasteiger partial charge in [0.2, 0.25) is 0 Å². The molecule has 0 aliphatic carbocycles. The van der Waals surface area contributed by atoms with E-state index >= 15 is 0 Å². The van der Waals surface area contributed by atoms with E-state index in [0.717, 1.165) is 36.9 Å². The maximum Gasteiger partial charge on any atom is 0.191 e. The van der Waals surface area contributed by atoms with Crippen molar-refractivity contribution >= 4 is 35.6 Å². The molecule has 0 saturated carbocycles. The molecule has 0 amide bonds. The number of aliphatic imine (C=N–C) groups is 1.